The molecule has 1 aliphatic rings. The molecule has 1 fully saturated rings. The monoisotopic (exact) mass is 288 g/mol. The molecule has 1 heterocycles. The molecule has 0 bridgehead atoms. The van der Waals surface area contributed by atoms with Crippen molar-refractivity contribution in [3.8, 4) is 0 Å². The van der Waals surface area contributed by atoms with Crippen molar-refractivity contribution in [3.05, 3.63) is 35.4 Å². The van der Waals surface area contributed by atoms with Gasteiger partial charge in [-0.05, 0) is 51.3 Å². The van der Waals surface area contributed by atoms with E-state index in [2.05, 4.69) is 48.7 Å². The lowest BCUT2D eigenvalue weighted by atomic mass is 9.74. The van der Waals surface area contributed by atoms with Gasteiger partial charge in [0, 0.05) is 6.54 Å². The molecular formula is C18H28N2O. The van der Waals surface area contributed by atoms with Crippen LogP contribution in [0.3, 0.4) is 0 Å². The fraction of sp³-hybridized carbons (Fsp3) is 0.611. The van der Waals surface area contributed by atoms with Gasteiger partial charge in [-0.25, -0.2) is 0 Å². The molecule has 0 saturated carbocycles. The van der Waals surface area contributed by atoms with Crippen molar-refractivity contribution in [2.75, 3.05) is 19.6 Å². The molecule has 1 saturated heterocycles. The molecule has 2 N–H and O–H groups in total. The number of piperidine rings is 1. The van der Waals surface area contributed by atoms with Gasteiger partial charge in [0.2, 0.25) is 5.91 Å². The minimum absolute atomic E-state index is 0.132. The highest BCUT2D eigenvalue weighted by Crippen LogP contribution is 2.34. The fourth-order valence-electron chi connectivity index (χ4n) is 3.35. The van der Waals surface area contributed by atoms with E-state index < -0.39 is 0 Å². The van der Waals surface area contributed by atoms with E-state index in [1.54, 1.807) is 0 Å². The number of rotatable bonds is 6. The molecule has 0 aliphatic carbocycles. The minimum atomic E-state index is -0.132. The number of amides is 1. The SMILES string of the molecule is CCCC1(C(=O)NCCc2cccc(C)c2)CCNCC1. The molecular weight excluding hydrogens is 260 g/mol. The Bertz CT molecular complexity index is 459. The highest BCUT2D eigenvalue weighted by Gasteiger charge is 2.38. The minimum Gasteiger partial charge on any atom is -0.355 e. The van der Waals surface area contributed by atoms with Crippen molar-refractivity contribution in [2.24, 2.45) is 5.41 Å². The van der Waals surface area contributed by atoms with Gasteiger partial charge in [-0.2, -0.15) is 0 Å². The van der Waals surface area contributed by atoms with Crippen LogP contribution in [-0.2, 0) is 11.2 Å². The molecule has 1 aromatic rings. The highest BCUT2D eigenvalue weighted by molar-refractivity contribution is 5.82. The van der Waals surface area contributed by atoms with E-state index >= 15 is 0 Å². The van der Waals surface area contributed by atoms with E-state index in [0.717, 1.165) is 51.7 Å². The van der Waals surface area contributed by atoms with Crippen LogP contribution in [0.4, 0.5) is 0 Å². The van der Waals surface area contributed by atoms with E-state index in [0.29, 0.717) is 0 Å². The summed E-state index contributed by atoms with van der Waals surface area (Å²) < 4.78 is 0. The van der Waals surface area contributed by atoms with Gasteiger partial charge in [0.25, 0.3) is 0 Å². The predicted molar refractivity (Wildman–Crippen MR) is 87.3 cm³/mol. The number of carbonyl (C=O) groups excluding carboxylic acids is 1. The first-order valence-corrected chi connectivity index (χ1v) is 8.21. The number of benzene rings is 1. The molecule has 1 aromatic carbocycles. The average molecular weight is 288 g/mol. The van der Waals surface area contributed by atoms with Gasteiger partial charge in [0.1, 0.15) is 0 Å². The Morgan fingerprint density at radius 1 is 1.33 bits per heavy atom. The largest absolute Gasteiger partial charge is 0.355 e. The molecule has 0 spiro atoms. The maximum Gasteiger partial charge on any atom is 0.226 e. The van der Waals surface area contributed by atoms with Gasteiger partial charge in [-0.15, -0.1) is 0 Å². The fourth-order valence-corrected chi connectivity index (χ4v) is 3.35. The maximum absolute atomic E-state index is 12.6. The lowest BCUT2D eigenvalue weighted by Crippen LogP contribution is -2.48. The molecule has 0 atom stereocenters. The Hall–Kier alpha value is -1.35. The number of carbonyl (C=O) groups is 1. The second-order valence-electron chi connectivity index (χ2n) is 6.28. The molecule has 116 valence electrons. The third-order valence-corrected chi connectivity index (χ3v) is 4.55. The van der Waals surface area contributed by atoms with Crippen LogP contribution in [0.1, 0.15) is 43.7 Å². The number of hydrogen-bond donors (Lipinski definition) is 2. The quantitative estimate of drug-likeness (QED) is 0.845. The summed E-state index contributed by atoms with van der Waals surface area (Å²) in [6.07, 6.45) is 4.93. The Labute approximate surface area is 128 Å². The van der Waals surface area contributed by atoms with Gasteiger partial charge >= 0.3 is 0 Å². The van der Waals surface area contributed by atoms with E-state index in [9.17, 15) is 4.79 Å². The molecule has 1 aliphatic heterocycles. The topological polar surface area (TPSA) is 41.1 Å². The van der Waals surface area contributed by atoms with E-state index in [1.807, 2.05) is 0 Å². The molecule has 0 radical (unpaired) electrons. The summed E-state index contributed by atoms with van der Waals surface area (Å²) in [4.78, 5) is 12.6. The maximum atomic E-state index is 12.6. The second-order valence-corrected chi connectivity index (χ2v) is 6.28. The lowest BCUT2D eigenvalue weighted by Gasteiger charge is -2.36. The lowest BCUT2D eigenvalue weighted by molar-refractivity contribution is -0.133. The van der Waals surface area contributed by atoms with Crippen molar-refractivity contribution in [3.63, 3.8) is 0 Å². The molecule has 0 unspecified atom stereocenters. The van der Waals surface area contributed by atoms with Gasteiger partial charge in [0.15, 0.2) is 0 Å². The summed E-state index contributed by atoms with van der Waals surface area (Å²) in [5, 5.41) is 6.54. The van der Waals surface area contributed by atoms with Crippen molar-refractivity contribution in [1.29, 1.82) is 0 Å². The Balaban J connectivity index is 1.87. The molecule has 1 amide bonds. The third kappa shape index (κ3) is 4.31. The van der Waals surface area contributed by atoms with Crippen LogP contribution in [0.5, 0.6) is 0 Å². The van der Waals surface area contributed by atoms with Gasteiger partial charge in [-0.3, -0.25) is 4.79 Å². The smallest absolute Gasteiger partial charge is 0.226 e. The summed E-state index contributed by atoms with van der Waals surface area (Å²) in [5.74, 6) is 0.263. The zero-order valence-electron chi connectivity index (χ0n) is 13.4. The average Bonchev–Trinajstić information content (AvgIpc) is 2.48. The van der Waals surface area contributed by atoms with E-state index in [1.165, 1.54) is 11.1 Å². The molecule has 2 rings (SSSR count). The first kappa shape index (κ1) is 16.0. The normalized spacial score (nSPS) is 17.4. The predicted octanol–water partition coefficient (Wildman–Crippen LogP) is 2.82. The summed E-state index contributed by atoms with van der Waals surface area (Å²) in [6.45, 7) is 6.94. The third-order valence-electron chi connectivity index (χ3n) is 4.55. The zero-order valence-corrected chi connectivity index (χ0v) is 13.4. The number of aryl methyl sites for hydroxylation is 1. The first-order chi connectivity index (χ1) is 10.2. The molecule has 21 heavy (non-hydrogen) atoms. The highest BCUT2D eigenvalue weighted by atomic mass is 16.2. The summed E-state index contributed by atoms with van der Waals surface area (Å²) >= 11 is 0. The van der Waals surface area contributed by atoms with Crippen LogP contribution in [0, 0.1) is 12.3 Å². The standard InChI is InChI=1S/C18H28N2O/c1-3-8-18(9-12-19-13-10-18)17(21)20-11-7-16-6-4-5-15(2)14-16/h4-6,14,19H,3,7-13H2,1-2H3,(H,20,21). The molecule has 3 heteroatoms. The van der Waals surface area contributed by atoms with Crippen LogP contribution < -0.4 is 10.6 Å². The van der Waals surface area contributed by atoms with Crippen LogP contribution in [0.15, 0.2) is 24.3 Å². The summed E-state index contributed by atoms with van der Waals surface area (Å²) in [5.41, 5.74) is 2.44. The van der Waals surface area contributed by atoms with E-state index in [-0.39, 0.29) is 11.3 Å². The van der Waals surface area contributed by atoms with Crippen molar-refractivity contribution in [1.82, 2.24) is 10.6 Å². The summed E-state index contributed by atoms with van der Waals surface area (Å²) in [7, 11) is 0. The van der Waals surface area contributed by atoms with Gasteiger partial charge in [-0.1, -0.05) is 43.2 Å². The van der Waals surface area contributed by atoms with Crippen molar-refractivity contribution >= 4 is 5.91 Å². The van der Waals surface area contributed by atoms with Gasteiger partial charge < -0.3 is 10.6 Å². The zero-order chi connectivity index (χ0) is 15.1. The van der Waals surface area contributed by atoms with Crippen LogP contribution in [0.2, 0.25) is 0 Å². The first-order valence-electron chi connectivity index (χ1n) is 8.21. The molecule has 3 nitrogen and oxygen atoms in total. The van der Waals surface area contributed by atoms with Crippen LogP contribution >= 0.6 is 0 Å². The van der Waals surface area contributed by atoms with Crippen molar-refractivity contribution < 1.29 is 4.79 Å². The summed E-state index contributed by atoms with van der Waals surface area (Å²) in [6, 6.07) is 8.51. The number of nitrogens with one attached hydrogen (secondary N) is 2. The van der Waals surface area contributed by atoms with Gasteiger partial charge in [0.05, 0.1) is 5.41 Å². The Kier molecular flexibility index (Phi) is 5.80. The second kappa shape index (κ2) is 7.60. The van der Waals surface area contributed by atoms with Crippen LogP contribution in [-0.4, -0.2) is 25.5 Å². The molecule has 0 aromatic heterocycles. The Morgan fingerprint density at radius 2 is 2.10 bits per heavy atom. The van der Waals surface area contributed by atoms with E-state index in [4.69, 9.17) is 0 Å². The van der Waals surface area contributed by atoms with Crippen molar-refractivity contribution in [2.45, 2.75) is 46.0 Å². The number of hydrogen-bond acceptors (Lipinski definition) is 2. The Morgan fingerprint density at radius 3 is 2.76 bits per heavy atom. The van der Waals surface area contributed by atoms with Crippen LogP contribution in [0.25, 0.3) is 0 Å².